The van der Waals surface area contributed by atoms with Crippen LogP contribution >= 0.6 is 0 Å². The fourth-order valence-corrected chi connectivity index (χ4v) is 3.99. The van der Waals surface area contributed by atoms with E-state index in [4.69, 9.17) is 0 Å². The van der Waals surface area contributed by atoms with Gasteiger partial charge in [0.15, 0.2) is 0 Å². The molecule has 29 heavy (non-hydrogen) atoms. The van der Waals surface area contributed by atoms with Crippen molar-refractivity contribution in [3.8, 4) is 11.1 Å². The highest BCUT2D eigenvalue weighted by Gasteiger charge is 2.14. The van der Waals surface area contributed by atoms with Crippen molar-refractivity contribution in [3.63, 3.8) is 0 Å². The highest BCUT2D eigenvalue weighted by molar-refractivity contribution is 7.89. The molecule has 0 radical (unpaired) electrons. The Morgan fingerprint density at radius 2 is 1.45 bits per heavy atom. The van der Waals surface area contributed by atoms with Crippen molar-refractivity contribution < 1.29 is 13.2 Å². The third-order valence-electron chi connectivity index (χ3n) is 4.75. The molecule has 0 unspecified atom stereocenters. The van der Waals surface area contributed by atoms with Gasteiger partial charge in [0.05, 0.1) is 4.90 Å². The fourth-order valence-electron chi connectivity index (χ4n) is 2.87. The predicted octanol–water partition coefficient (Wildman–Crippen LogP) is 3.68. The Balaban J connectivity index is 1.52. The summed E-state index contributed by atoms with van der Waals surface area (Å²) in [6.45, 7) is 4.12. The summed E-state index contributed by atoms with van der Waals surface area (Å²) in [6, 6.07) is 22.2. The van der Waals surface area contributed by atoms with E-state index in [-0.39, 0.29) is 23.9 Å². The summed E-state index contributed by atoms with van der Waals surface area (Å²) in [6.07, 6.45) is 0. The smallest absolute Gasteiger partial charge is 0.251 e. The van der Waals surface area contributed by atoms with Crippen molar-refractivity contribution >= 4 is 15.9 Å². The van der Waals surface area contributed by atoms with E-state index in [9.17, 15) is 13.2 Å². The van der Waals surface area contributed by atoms with E-state index < -0.39 is 10.0 Å². The molecule has 3 rings (SSSR count). The molecule has 0 aliphatic carbocycles. The maximum absolute atomic E-state index is 12.4. The second kappa shape index (κ2) is 9.03. The number of amides is 1. The van der Waals surface area contributed by atoms with Gasteiger partial charge in [-0.05, 0) is 60.4 Å². The second-order valence-corrected chi connectivity index (χ2v) is 8.61. The summed E-state index contributed by atoms with van der Waals surface area (Å²) < 4.78 is 27.2. The Hall–Kier alpha value is -2.96. The number of hydrogen-bond acceptors (Lipinski definition) is 3. The summed E-state index contributed by atoms with van der Waals surface area (Å²) in [7, 11) is -3.60. The van der Waals surface area contributed by atoms with Crippen LogP contribution in [0.4, 0.5) is 0 Å². The van der Waals surface area contributed by atoms with Gasteiger partial charge in [0, 0.05) is 18.7 Å². The van der Waals surface area contributed by atoms with Crippen molar-refractivity contribution in [3.05, 3.63) is 89.5 Å². The topological polar surface area (TPSA) is 75.3 Å². The van der Waals surface area contributed by atoms with Crippen LogP contribution in [0.3, 0.4) is 0 Å². The lowest BCUT2D eigenvalue weighted by Crippen LogP contribution is -2.34. The minimum atomic E-state index is -3.60. The van der Waals surface area contributed by atoms with Gasteiger partial charge < -0.3 is 5.32 Å². The molecule has 0 aliphatic heterocycles. The molecule has 0 aliphatic rings. The van der Waals surface area contributed by atoms with Crippen LogP contribution in [-0.4, -0.2) is 27.4 Å². The van der Waals surface area contributed by atoms with Crippen molar-refractivity contribution in [1.29, 1.82) is 0 Å². The summed E-state index contributed by atoms with van der Waals surface area (Å²) >= 11 is 0. The lowest BCUT2D eigenvalue weighted by molar-refractivity contribution is 0.0954. The average Bonchev–Trinajstić information content (AvgIpc) is 2.73. The number of nitrogens with one attached hydrogen (secondary N) is 2. The first-order valence-electron chi connectivity index (χ1n) is 9.37. The van der Waals surface area contributed by atoms with Gasteiger partial charge in [-0.25, -0.2) is 13.1 Å². The van der Waals surface area contributed by atoms with E-state index in [2.05, 4.69) is 10.0 Å². The average molecular weight is 409 g/mol. The SMILES string of the molecule is Cc1ccc(S(=O)(=O)NCCNC(=O)c2ccc(-c3ccccc3)cc2)cc1C. The molecule has 150 valence electrons. The fraction of sp³-hybridized carbons (Fsp3) is 0.174. The Morgan fingerprint density at radius 1 is 0.793 bits per heavy atom. The van der Waals surface area contributed by atoms with E-state index in [1.54, 1.807) is 30.3 Å². The van der Waals surface area contributed by atoms with Gasteiger partial charge in [0.1, 0.15) is 0 Å². The Kier molecular flexibility index (Phi) is 6.46. The number of carbonyl (C=O) groups excluding carboxylic acids is 1. The minimum Gasteiger partial charge on any atom is -0.351 e. The van der Waals surface area contributed by atoms with E-state index in [1.165, 1.54) is 0 Å². The largest absolute Gasteiger partial charge is 0.351 e. The van der Waals surface area contributed by atoms with Crippen LogP contribution in [0.15, 0.2) is 77.7 Å². The lowest BCUT2D eigenvalue weighted by Gasteiger charge is -2.10. The van der Waals surface area contributed by atoms with Gasteiger partial charge in [-0.2, -0.15) is 0 Å². The zero-order chi connectivity index (χ0) is 20.9. The van der Waals surface area contributed by atoms with Gasteiger partial charge in [0.25, 0.3) is 5.91 Å². The zero-order valence-corrected chi connectivity index (χ0v) is 17.3. The number of hydrogen-bond donors (Lipinski definition) is 2. The van der Waals surface area contributed by atoms with Gasteiger partial charge >= 0.3 is 0 Å². The maximum atomic E-state index is 12.4. The molecule has 0 bridgehead atoms. The van der Waals surface area contributed by atoms with E-state index in [0.29, 0.717) is 5.56 Å². The third kappa shape index (κ3) is 5.31. The second-order valence-electron chi connectivity index (χ2n) is 6.84. The van der Waals surface area contributed by atoms with Crippen molar-refractivity contribution in [2.45, 2.75) is 18.7 Å². The third-order valence-corrected chi connectivity index (χ3v) is 6.20. The molecule has 0 saturated carbocycles. The highest BCUT2D eigenvalue weighted by atomic mass is 32.2. The maximum Gasteiger partial charge on any atom is 0.251 e. The molecule has 2 N–H and O–H groups in total. The number of aryl methyl sites for hydroxylation is 2. The summed E-state index contributed by atoms with van der Waals surface area (Å²) in [5.74, 6) is -0.241. The van der Waals surface area contributed by atoms with Crippen LogP contribution in [0.1, 0.15) is 21.5 Å². The van der Waals surface area contributed by atoms with Gasteiger partial charge in [-0.1, -0.05) is 48.5 Å². The van der Waals surface area contributed by atoms with E-state index >= 15 is 0 Å². The molecule has 0 spiro atoms. The predicted molar refractivity (Wildman–Crippen MR) is 115 cm³/mol. The van der Waals surface area contributed by atoms with Gasteiger partial charge in [0.2, 0.25) is 10.0 Å². The lowest BCUT2D eigenvalue weighted by atomic mass is 10.0. The first-order chi connectivity index (χ1) is 13.9. The molecule has 5 nitrogen and oxygen atoms in total. The first kappa shape index (κ1) is 20.8. The quantitative estimate of drug-likeness (QED) is 0.586. The molecule has 1 amide bonds. The normalized spacial score (nSPS) is 11.2. The number of benzene rings is 3. The molecule has 3 aromatic rings. The van der Waals surface area contributed by atoms with Crippen molar-refractivity contribution in [1.82, 2.24) is 10.0 Å². The van der Waals surface area contributed by atoms with Gasteiger partial charge in [-0.15, -0.1) is 0 Å². The first-order valence-corrected chi connectivity index (χ1v) is 10.9. The molecular formula is C23H24N2O3S. The van der Waals surface area contributed by atoms with Crippen LogP contribution in [0, 0.1) is 13.8 Å². The van der Waals surface area contributed by atoms with Crippen molar-refractivity contribution in [2.24, 2.45) is 0 Å². The number of carbonyl (C=O) groups is 1. The summed E-state index contributed by atoms with van der Waals surface area (Å²) in [5, 5.41) is 2.74. The van der Waals surface area contributed by atoms with Crippen LogP contribution < -0.4 is 10.0 Å². The zero-order valence-electron chi connectivity index (χ0n) is 16.5. The molecule has 6 heteroatoms. The molecular weight excluding hydrogens is 384 g/mol. The molecule has 0 saturated heterocycles. The standard InChI is InChI=1S/C23H24N2O3S/c1-17-8-13-22(16-18(17)2)29(27,28)25-15-14-24-23(26)21-11-9-20(10-12-21)19-6-4-3-5-7-19/h3-13,16,25H,14-15H2,1-2H3,(H,24,26). The molecule has 0 aromatic heterocycles. The summed E-state index contributed by atoms with van der Waals surface area (Å²) in [4.78, 5) is 12.5. The van der Waals surface area contributed by atoms with E-state index in [0.717, 1.165) is 22.3 Å². The van der Waals surface area contributed by atoms with Crippen molar-refractivity contribution in [2.75, 3.05) is 13.1 Å². The Bertz CT molecular complexity index is 1090. The highest BCUT2D eigenvalue weighted by Crippen LogP contribution is 2.19. The monoisotopic (exact) mass is 408 g/mol. The summed E-state index contributed by atoms with van der Waals surface area (Å²) in [5.41, 5.74) is 4.60. The Morgan fingerprint density at radius 3 is 2.10 bits per heavy atom. The number of rotatable bonds is 7. The molecule has 0 atom stereocenters. The number of sulfonamides is 1. The van der Waals surface area contributed by atoms with Crippen LogP contribution in [0.2, 0.25) is 0 Å². The van der Waals surface area contributed by atoms with Crippen LogP contribution in [-0.2, 0) is 10.0 Å². The molecule has 0 heterocycles. The van der Waals surface area contributed by atoms with Crippen LogP contribution in [0.5, 0.6) is 0 Å². The van der Waals surface area contributed by atoms with Crippen LogP contribution in [0.25, 0.3) is 11.1 Å². The molecule has 3 aromatic carbocycles. The molecule has 0 fully saturated rings. The Labute approximate surface area is 171 Å². The minimum absolute atomic E-state index is 0.114. The van der Waals surface area contributed by atoms with Gasteiger partial charge in [-0.3, -0.25) is 4.79 Å². The van der Waals surface area contributed by atoms with E-state index in [1.807, 2.05) is 56.3 Å².